The quantitative estimate of drug-likeness (QED) is 0.635. The third-order valence-corrected chi connectivity index (χ3v) is 5.65. The standard InChI is InChI=1S/C23H27N3O/c1-3-4-14-25-16-19(15-22(25)27)23-24-20-12-8-9-13-21(20)26(23)17(2)18-10-6-5-7-11-18/h5-13,17,19H,3-4,14-16H2,1-2H3/t17-,19-/m1/s1. The van der Waals surface area contributed by atoms with Gasteiger partial charge in [0.1, 0.15) is 5.82 Å². The highest BCUT2D eigenvalue weighted by Crippen LogP contribution is 2.34. The Morgan fingerprint density at radius 1 is 1.11 bits per heavy atom. The Bertz CT molecular complexity index is 931. The van der Waals surface area contributed by atoms with E-state index in [4.69, 9.17) is 4.98 Å². The van der Waals surface area contributed by atoms with E-state index in [1.54, 1.807) is 0 Å². The molecule has 3 aromatic rings. The first-order chi connectivity index (χ1) is 13.2. The first kappa shape index (κ1) is 17.8. The number of aromatic nitrogens is 2. The highest BCUT2D eigenvalue weighted by atomic mass is 16.2. The van der Waals surface area contributed by atoms with Crippen LogP contribution in [0, 0.1) is 0 Å². The number of amides is 1. The van der Waals surface area contributed by atoms with Gasteiger partial charge in [0.25, 0.3) is 0 Å². The molecule has 1 aromatic heterocycles. The number of likely N-dealkylation sites (tertiary alicyclic amines) is 1. The Hall–Kier alpha value is -2.62. The van der Waals surface area contributed by atoms with Crippen LogP contribution in [0.2, 0.25) is 0 Å². The summed E-state index contributed by atoms with van der Waals surface area (Å²) in [5.41, 5.74) is 3.41. The lowest BCUT2D eigenvalue weighted by Gasteiger charge is -2.21. The second kappa shape index (κ2) is 7.55. The molecule has 0 unspecified atom stereocenters. The Morgan fingerprint density at radius 3 is 2.63 bits per heavy atom. The van der Waals surface area contributed by atoms with Gasteiger partial charge in [-0.2, -0.15) is 0 Å². The first-order valence-corrected chi connectivity index (χ1v) is 9.98. The van der Waals surface area contributed by atoms with Gasteiger partial charge >= 0.3 is 0 Å². The number of hydrogen-bond acceptors (Lipinski definition) is 2. The number of nitrogens with zero attached hydrogens (tertiary/aromatic N) is 3. The van der Waals surface area contributed by atoms with Gasteiger partial charge in [0.2, 0.25) is 5.91 Å². The molecule has 4 nitrogen and oxygen atoms in total. The second-order valence-electron chi connectivity index (χ2n) is 7.51. The van der Waals surface area contributed by atoms with Crippen molar-refractivity contribution in [1.82, 2.24) is 14.5 Å². The molecule has 2 aromatic carbocycles. The number of hydrogen-bond donors (Lipinski definition) is 0. The van der Waals surface area contributed by atoms with Crippen molar-refractivity contribution in [2.75, 3.05) is 13.1 Å². The van der Waals surface area contributed by atoms with Crippen LogP contribution in [0.5, 0.6) is 0 Å². The molecule has 0 spiro atoms. The van der Waals surface area contributed by atoms with Crippen molar-refractivity contribution >= 4 is 16.9 Å². The number of carbonyl (C=O) groups is 1. The van der Waals surface area contributed by atoms with E-state index in [-0.39, 0.29) is 17.9 Å². The van der Waals surface area contributed by atoms with Crippen LogP contribution in [0.25, 0.3) is 11.0 Å². The average molecular weight is 361 g/mol. The second-order valence-corrected chi connectivity index (χ2v) is 7.51. The summed E-state index contributed by atoms with van der Waals surface area (Å²) in [4.78, 5) is 19.5. The Labute approximate surface area is 160 Å². The van der Waals surface area contributed by atoms with Crippen LogP contribution in [0.3, 0.4) is 0 Å². The van der Waals surface area contributed by atoms with Crippen molar-refractivity contribution in [1.29, 1.82) is 0 Å². The van der Waals surface area contributed by atoms with Gasteiger partial charge in [-0.3, -0.25) is 4.79 Å². The summed E-state index contributed by atoms with van der Waals surface area (Å²) in [7, 11) is 0. The van der Waals surface area contributed by atoms with Crippen molar-refractivity contribution in [3.63, 3.8) is 0 Å². The summed E-state index contributed by atoms with van der Waals surface area (Å²) in [5.74, 6) is 1.47. The number of carbonyl (C=O) groups excluding carboxylic acids is 1. The maximum absolute atomic E-state index is 12.5. The molecule has 1 aliphatic rings. The summed E-state index contributed by atoms with van der Waals surface area (Å²) in [6.07, 6.45) is 2.74. The molecular weight excluding hydrogens is 334 g/mol. The fraction of sp³-hybridized carbons (Fsp3) is 0.391. The molecule has 0 saturated carbocycles. The number of benzene rings is 2. The predicted octanol–water partition coefficient (Wildman–Crippen LogP) is 4.76. The molecule has 1 saturated heterocycles. The molecular formula is C23H27N3O. The Kier molecular flexibility index (Phi) is 4.97. The zero-order valence-electron chi connectivity index (χ0n) is 16.1. The van der Waals surface area contributed by atoms with Gasteiger partial charge in [-0.15, -0.1) is 0 Å². The minimum absolute atomic E-state index is 0.160. The van der Waals surface area contributed by atoms with Gasteiger partial charge in [-0.05, 0) is 31.0 Å². The van der Waals surface area contributed by atoms with E-state index in [1.807, 2.05) is 17.0 Å². The molecule has 4 rings (SSSR count). The van der Waals surface area contributed by atoms with E-state index in [0.29, 0.717) is 6.42 Å². The molecule has 0 bridgehead atoms. The summed E-state index contributed by atoms with van der Waals surface area (Å²) in [6.45, 7) is 6.03. The predicted molar refractivity (Wildman–Crippen MR) is 109 cm³/mol. The zero-order valence-corrected chi connectivity index (χ0v) is 16.1. The summed E-state index contributed by atoms with van der Waals surface area (Å²) in [6, 6.07) is 19.0. The molecule has 1 aliphatic heterocycles. The van der Waals surface area contributed by atoms with Crippen LogP contribution in [0.15, 0.2) is 54.6 Å². The third-order valence-electron chi connectivity index (χ3n) is 5.65. The SMILES string of the molecule is CCCCN1C[C@H](c2nc3ccccc3n2[C@H](C)c2ccccc2)CC1=O. The van der Waals surface area contributed by atoms with Crippen LogP contribution in [0.1, 0.15) is 56.5 Å². The van der Waals surface area contributed by atoms with Crippen molar-refractivity contribution in [3.05, 3.63) is 66.0 Å². The fourth-order valence-electron chi connectivity index (χ4n) is 4.15. The minimum Gasteiger partial charge on any atom is -0.342 e. The molecule has 140 valence electrons. The van der Waals surface area contributed by atoms with Crippen LogP contribution < -0.4 is 0 Å². The number of para-hydroxylation sites is 2. The van der Waals surface area contributed by atoms with E-state index in [1.165, 1.54) is 5.56 Å². The van der Waals surface area contributed by atoms with Crippen LogP contribution in [0.4, 0.5) is 0 Å². The van der Waals surface area contributed by atoms with Gasteiger partial charge in [0.05, 0.1) is 17.1 Å². The van der Waals surface area contributed by atoms with Crippen LogP contribution >= 0.6 is 0 Å². The lowest BCUT2D eigenvalue weighted by molar-refractivity contribution is -0.127. The molecule has 0 aliphatic carbocycles. The summed E-state index contributed by atoms with van der Waals surface area (Å²) < 4.78 is 2.34. The van der Waals surface area contributed by atoms with Crippen molar-refractivity contribution in [2.45, 2.75) is 45.1 Å². The maximum Gasteiger partial charge on any atom is 0.223 e. The molecule has 1 amide bonds. The van der Waals surface area contributed by atoms with E-state index >= 15 is 0 Å². The van der Waals surface area contributed by atoms with E-state index < -0.39 is 0 Å². The van der Waals surface area contributed by atoms with Gasteiger partial charge in [0, 0.05) is 25.4 Å². The molecule has 4 heteroatoms. The van der Waals surface area contributed by atoms with Crippen molar-refractivity contribution in [2.24, 2.45) is 0 Å². The number of fused-ring (bicyclic) bond motifs is 1. The fourth-order valence-corrected chi connectivity index (χ4v) is 4.15. The Balaban J connectivity index is 1.74. The first-order valence-electron chi connectivity index (χ1n) is 9.98. The molecule has 0 N–H and O–H groups in total. The number of imidazole rings is 1. The monoisotopic (exact) mass is 361 g/mol. The molecule has 2 heterocycles. The van der Waals surface area contributed by atoms with E-state index in [0.717, 1.165) is 42.8 Å². The Morgan fingerprint density at radius 2 is 1.85 bits per heavy atom. The highest BCUT2D eigenvalue weighted by molar-refractivity contribution is 5.81. The number of unbranched alkanes of at least 4 members (excludes halogenated alkanes) is 1. The molecule has 27 heavy (non-hydrogen) atoms. The molecule has 0 radical (unpaired) electrons. The van der Waals surface area contributed by atoms with Crippen molar-refractivity contribution < 1.29 is 4.79 Å². The zero-order chi connectivity index (χ0) is 18.8. The van der Waals surface area contributed by atoms with Crippen molar-refractivity contribution in [3.8, 4) is 0 Å². The summed E-state index contributed by atoms with van der Waals surface area (Å²) in [5, 5.41) is 0. The molecule has 1 fully saturated rings. The average Bonchev–Trinajstić information content (AvgIpc) is 3.27. The summed E-state index contributed by atoms with van der Waals surface area (Å²) >= 11 is 0. The van der Waals surface area contributed by atoms with Gasteiger partial charge in [-0.1, -0.05) is 55.8 Å². The number of rotatable bonds is 6. The smallest absolute Gasteiger partial charge is 0.223 e. The van der Waals surface area contributed by atoms with E-state index in [2.05, 4.69) is 60.9 Å². The molecule has 2 atom stereocenters. The lowest BCUT2D eigenvalue weighted by atomic mass is 10.0. The van der Waals surface area contributed by atoms with Gasteiger partial charge < -0.3 is 9.47 Å². The third kappa shape index (κ3) is 3.36. The topological polar surface area (TPSA) is 38.1 Å². The van der Waals surface area contributed by atoms with Crippen LogP contribution in [-0.4, -0.2) is 33.4 Å². The highest BCUT2D eigenvalue weighted by Gasteiger charge is 2.34. The minimum atomic E-state index is 0.160. The maximum atomic E-state index is 12.5. The van der Waals surface area contributed by atoms with Gasteiger partial charge in [0.15, 0.2) is 0 Å². The largest absolute Gasteiger partial charge is 0.342 e. The lowest BCUT2D eigenvalue weighted by Crippen LogP contribution is -2.26. The van der Waals surface area contributed by atoms with Crippen LogP contribution in [-0.2, 0) is 4.79 Å². The normalized spacial score (nSPS) is 18.4. The van der Waals surface area contributed by atoms with Gasteiger partial charge in [-0.25, -0.2) is 4.98 Å². The van der Waals surface area contributed by atoms with E-state index in [9.17, 15) is 4.79 Å².